The Balaban J connectivity index is 2.49. The summed E-state index contributed by atoms with van der Waals surface area (Å²) in [5, 5.41) is 20.0. The minimum absolute atomic E-state index is 0.0782. The van der Waals surface area contributed by atoms with E-state index in [2.05, 4.69) is 15.4 Å². The van der Waals surface area contributed by atoms with Gasteiger partial charge in [0.2, 0.25) is 11.6 Å². The Labute approximate surface area is 119 Å². The lowest BCUT2D eigenvalue weighted by molar-refractivity contribution is -0.383. The summed E-state index contributed by atoms with van der Waals surface area (Å²) >= 11 is 0. The smallest absolute Gasteiger partial charge is 0.324 e. The highest BCUT2D eigenvalue weighted by Crippen LogP contribution is 2.34. The lowest BCUT2D eigenvalue weighted by Crippen LogP contribution is -2.17. The Hall–Kier alpha value is -3.25. The Bertz CT molecular complexity index is 709. The molecule has 2 aromatic rings. The molecule has 0 amide bonds. The molecule has 0 aliphatic carbocycles. The monoisotopic (exact) mass is 285 g/mol. The van der Waals surface area contributed by atoms with E-state index in [1.165, 1.54) is 11.2 Å². The van der Waals surface area contributed by atoms with E-state index >= 15 is 0 Å². The van der Waals surface area contributed by atoms with Crippen molar-refractivity contribution in [2.75, 3.05) is 17.4 Å². The summed E-state index contributed by atoms with van der Waals surface area (Å²) in [6.45, 7) is 0. The van der Waals surface area contributed by atoms with Crippen LogP contribution < -0.4 is 16.2 Å². The molecule has 0 fully saturated rings. The van der Waals surface area contributed by atoms with E-state index < -0.39 is 4.92 Å². The van der Waals surface area contributed by atoms with Crippen molar-refractivity contribution in [3.8, 4) is 6.07 Å². The molecule has 1 aromatic carbocycles. The summed E-state index contributed by atoms with van der Waals surface area (Å²) < 4.78 is 0. The van der Waals surface area contributed by atoms with Gasteiger partial charge in [0.05, 0.1) is 16.6 Å². The van der Waals surface area contributed by atoms with Gasteiger partial charge in [-0.25, -0.2) is 15.8 Å². The molecule has 21 heavy (non-hydrogen) atoms. The number of nitrogens with zero attached hydrogens (tertiary/aromatic N) is 5. The van der Waals surface area contributed by atoms with Gasteiger partial charge in [0.1, 0.15) is 6.33 Å². The number of rotatable bonds is 4. The molecule has 9 nitrogen and oxygen atoms in total. The first-order valence-electron chi connectivity index (χ1n) is 5.78. The van der Waals surface area contributed by atoms with Crippen LogP contribution in [0.3, 0.4) is 0 Å². The van der Waals surface area contributed by atoms with Gasteiger partial charge in [-0.1, -0.05) is 0 Å². The quantitative estimate of drug-likeness (QED) is 0.487. The zero-order valence-electron chi connectivity index (χ0n) is 11.0. The number of nitriles is 1. The van der Waals surface area contributed by atoms with Crippen LogP contribution in [-0.4, -0.2) is 21.9 Å². The number of nitro groups is 1. The molecule has 0 aliphatic rings. The van der Waals surface area contributed by atoms with E-state index in [0.717, 1.165) is 0 Å². The number of hydrogen-bond donors (Lipinski definition) is 2. The van der Waals surface area contributed by atoms with Crippen LogP contribution >= 0.6 is 0 Å². The molecule has 0 atom stereocenters. The molecule has 0 saturated heterocycles. The third kappa shape index (κ3) is 2.70. The summed E-state index contributed by atoms with van der Waals surface area (Å²) in [7, 11) is 1.62. The van der Waals surface area contributed by atoms with Crippen molar-refractivity contribution in [1.82, 2.24) is 9.97 Å². The van der Waals surface area contributed by atoms with Gasteiger partial charge in [-0.2, -0.15) is 5.26 Å². The van der Waals surface area contributed by atoms with Crippen molar-refractivity contribution in [3.05, 3.63) is 46.3 Å². The predicted molar refractivity (Wildman–Crippen MR) is 75.7 cm³/mol. The maximum Gasteiger partial charge on any atom is 0.355 e. The van der Waals surface area contributed by atoms with Crippen LogP contribution in [0.15, 0.2) is 30.6 Å². The molecule has 0 unspecified atom stereocenters. The fourth-order valence-corrected chi connectivity index (χ4v) is 1.77. The molecule has 0 radical (unpaired) electrons. The lowest BCUT2D eigenvalue weighted by atomic mass is 10.2. The van der Waals surface area contributed by atoms with E-state index in [1.54, 1.807) is 31.3 Å². The maximum absolute atomic E-state index is 11.2. The number of nitrogens with two attached hydrogens (primary N) is 1. The summed E-state index contributed by atoms with van der Waals surface area (Å²) in [4.78, 5) is 19.8. The maximum atomic E-state index is 11.2. The van der Waals surface area contributed by atoms with Gasteiger partial charge >= 0.3 is 5.69 Å². The van der Waals surface area contributed by atoms with Gasteiger partial charge in [-0.05, 0) is 24.3 Å². The molecule has 3 N–H and O–H groups in total. The fraction of sp³-hybridized carbons (Fsp3) is 0.0833. The molecule has 9 heteroatoms. The Morgan fingerprint density at radius 1 is 1.38 bits per heavy atom. The van der Waals surface area contributed by atoms with E-state index in [9.17, 15) is 10.1 Å². The third-order valence-corrected chi connectivity index (χ3v) is 2.82. The number of nitrogen functional groups attached to an aromatic ring is 1. The number of hydrazine groups is 1. The van der Waals surface area contributed by atoms with Crippen molar-refractivity contribution in [2.45, 2.75) is 0 Å². The summed E-state index contributed by atoms with van der Waals surface area (Å²) in [6, 6.07) is 8.56. The zero-order valence-corrected chi connectivity index (χ0v) is 11.0. The highest BCUT2D eigenvalue weighted by atomic mass is 16.6. The minimum atomic E-state index is -0.606. The van der Waals surface area contributed by atoms with Crippen LogP contribution in [0.5, 0.6) is 0 Å². The molecule has 106 valence electrons. The normalized spacial score (nSPS) is 9.76. The topological polar surface area (TPSA) is 134 Å². The number of anilines is 3. The highest BCUT2D eigenvalue weighted by Gasteiger charge is 2.25. The molecule has 0 bridgehead atoms. The molecule has 1 aromatic heterocycles. The second kappa shape index (κ2) is 5.81. The van der Waals surface area contributed by atoms with Crippen molar-refractivity contribution in [1.29, 1.82) is 5.26 Å². The summed E-state index contributed by atoms with van der Waals surface area (Å²) in [6.07, 6.45) is 1.18. The number of aromatic nitrogens is 2. The van der Waals surface area contributed by atoms with Crippen molar-refractivity contribution < 1.29 is 4.92 Å². The first-order chi connectivity index (χ1) is 10.1. The molecule has 0 spiro atoms. The fourth-order valence-electron chi connectivity index (χ4n) is 1.77. The number of benzene rings is 1. The molecular weight excluding hydrogens is 274 g/mol. The van der Waals surface area contributed by atoms with Gasteiger partial charge in [-0.15, -0.1) is 0 Å². The lowest BCUT2D eigenvalue weighted by Gasteiger charge is -2.18. The Kier molecular flexibility index (Phi) is 3.92. The van der Waals surface area contributed by atoms with Crippen LogP contribution in [0.1, 0.15) is 5.56 Å². The van der Waals surface area contributed by atoms with Crippen LogP contribution in [0.4, 0.5) is 23.0 Å². The van der Waals surface area contributed by atoms with Gasteiger partial charge in [0.25, 0.3) is 0 Å². The molecule has 0 aliphatic heterocycles. The highest BCUT2D eigenvalue weighted by molar-refractivity contribution is 5.75. The summed E-state index contributed by atoms with van der Waals surface area (Å²) in [5.74, 6) is 5.25. The van der Waals surface area contributed by atoms with E-state index in [4.69, 9.17) is 11.1 Å². The zero-order chi connectivity index (χ0) is 15.4. The third-order valence-electron chi connectivity index (χ3n) is 2.82. The minimum Gasteiger partial charge on any atom is -0.324 e. The van der Waals surface area contributed by atoms with Crippen LogP contribution in [0.25, 0.3) is 0 Å². The largest absolute Gasteiger partial charge is 0.355 e. The first-order valence-corrected chi connectivity index (χ1v) is 5.78. The van der Waals surface area contributed by atoms with Crippen molar-refractivity contribution >= 4 is 23.0 Å². The molecule has 1 heterocycles. The van der Waals surface area contributed by atoms with Gasteiger partial charge in [-0.3, -0.25) is 10.1 Å². The van der Waals surface area contributed by atoms with E-state index in [-0.39, 0.29) is 17.3 Å². The SMILES string of the molecule is CN(c1ccc(C#N)cc1)c1ncnc(NN)c1[N+](=O)[O-]. The van der Waals surface area contributed by atoms with Crippen molar-refractivity contribution in [3.63, 3.8) is 0 Å². The van der Waals surface area contributed by atoms with Gasteiger partial charge in [0.15, 0.2) is 0 Å². The number of nitrogens with one attached hydrogen (secondary N) is 1. The average Bonchev–Trinajstić information content (AvgIpc) is 2.53. The predicted octanol–water partition coefficient (Wildman–Crippen LogP) is 1.31. The van der Waals surface area contributed by atoms with Crippen LogP contribution in [-0.2, 0) is 0 Å². The Morgan fingerprint density at radius 2 is 2.05 bits per heavy atom. The second-order valence-electron chi connectivity index (χ2n) is 4.01. The second-order valence-corrected chi connectivity index (χ2v) is 4.01. The molecule has 2 rings (SSSR count). The summed E-state index contributed by atoms with van der Waals surface area (Å²) in [5.41, 5.74) is 2.98. The van der Waals surface area contributed by atoms with E-state index in [0.29, 0.717) is 11.3 Å². The van der Waals surface area contributed by atoms with Gasteiger partial charge in [0, 0.05) is 12.7 Å². The average molecular weight is 285 g/mol. The molecular formula is C12H11N7O2. The first kappa shape index (κ1) is 14.2. The van der Waals surface area contributed by atoms with Crippen LogP contribution in [0, 0.1) is 21.4 Å². The molecule has 0 saturated carbocycles. The van der Waals surface area contributed by atoms with Crippen molar-refractivity contribution in [2.24, 2.45) is 5.84 Å². The van der Waals surface area contributed by atoms with Gasteiger partial charge < -0.3 is 10.3 Å². The number of hydrogen-bond acceptors (Lipinski definition) is 8. The Morgan fingerprint density at radius 3 is 2.57 bits per heavy atom. The van der Waals surface area contributed by atoms with Crippen LogP contribution in [0.2, 0.25) is 0 Å². The van der Waals surface area contributed by atoms with E-state index in [1.807, 2.05) is 6.07 Å². The standard InChI is InChI=1S/C12H11N7O2/c1-18(9-4-2-8(6-13)3-5-9)12-10(19(20)21)11(17-14)15-7-16-12/h2-5,7H,14H2,1H3,(H,15,16,17).